The van der Waals surface area contributed by atoms with E-state index in [4.69, 9.17) is 9.72 Å². The number of fused-ring (bicyclic) bond motifs is 4. The minimum Gasteiger partial charge on any atom is -0.459 e. The molecule has 1 amide bonds. The third kappa shape index (κ3) is 5.17. The molecule has 222 valence electrons. The van der Waals surface area contributed by atoms with Crippen LogP contribution >= 0.6 is 15.9 Å². The summed E-state index contributed by atoms with van der Waals surface area (Å²) >= 11 is 3.58. The first kappa shape index (κ1) is 29.5. The van der Waals surface area contributed by atoms with Crippen molar-refractivity contribution in [2.45, 2.75) is 76.5 Å². The van der Waals surface area contributed by atoms with E-state index < -0.39 is 28.6 Å². The SMILES string of the molecule is Cc1c(-c2ccccc2)nc2ccc(Br)cc2c1C(=O)NC12CCC(C(=O)OC(C)(C)C)(CC1)C(O)C2c1ccccc1. The number of aromatic nitrogens is 1. The first-order valence-electron chi connectivity index (χ1n) is 14.9. The number of amides is 1. The summed E-state index contributed by atoms with van der Waals surface area (Å²) in [6.07, 6.45) is 0.946. The first-order chi connectivity index (χ1) is 20.4. The summed E-state index contributed by atoms with van der Waals surface area (Å²) < 4.78 is 6.72. The van der Waals surface area contributed by atoms with Crippen LogP contribution in [0, 0.1) is 12.3 Å². The van der Waals surface area contributed by atoms with Crippen molar-refractivity contribution in [3.05, 3.63) is 100 Å². The normalized spacial score (nSPS) is 25.0. The zero-order valence-electron chi connectivity index (χ0n) is 25.0. The zero-order valence-corrected chi connectivity index (χ0v) is 26.6. The van der Waals surface area contributed by atoms with Gasteiger partial charge in [-0.3, -0.25) is 9.59 Å². The number of hydrogen-bond donors (Lipinski definition) is 2. The Labute approximate surface area is 261 Å². The van der Waals surface area contributed by atoms with Crippen molar-refractivity contribution in [2.24, 2.45) is 5.41 Å². The minimum absolute atomic E-state index is 0.208. The summed E-state index contributed by atoms with van der Waals surface area (Å²) in [5.74, 6) is -1.05. The third-order valence-corrected chi connectivity index (χ3v) is 9.80. The van der Waals surface area contributed by atoms with E-state index in [9.17, 15) is 14.7 Å². The van der Waals surface area contributed by atoms with Gasteiger partial charge in [0.1, 0.15) is 5.60 Å². The topological polar surface area (TPSA) is 88.5 Å². The molecule has 4 aromatic rings. The molecule has 7 heteroatoms. The number of aliphatic hydroxyl groups is 1. The number of esters is 1. The molecule has 7 rings (SSSR count). The second-order valence-corrected chi connectivity index (χ2v) is 14.0. The average molecular weight is 642 g/mol. The Hall–Kier alpha value is -3.55. The Morgan fingerprint density at radius 1 is 0.953 bits per heavy atom. The second kappa shape index (κ2) is 10.9. The monoisotopic (exact) mass is 640 g/mol. The van der Waals surface area contributed by atoms with Gasteiger partial charge in [0.05, 0.1) is 28.3 Å². The molecule has 3 aliphatic rings. The maximum atomic E-state index is 14.6. The molecule has 0 radical (unpaired) electrons. The molecule has 1 aromatic heterocycles. The van der Waals surface area contributed by atoms with Gasteiger partial charge in [0, 0.05) is 26.9 Å². The van der Waals surface area contributed by atoms with E-state index >= 15 is 0 Å². The van der Waals surface area contributed by atoms with Gasteiger partial charge in [-0.2, -0.15) is 0 Å². The number of rotatable bonds is 5. The van der Waals surface area contributed by atoms with E-state index in [2.05, 4.69) is 21.2 Å². The quantitative estimate of drug-likeness (QED) is 0.221. The molecule has 3 aromatic carbocycles. The lowest BCUT2D eigenvalue weighted by atomic mass is 9.49. The number of nitrogens with one attached hydrogen (secondary N) is 1. The molecular formula is C36H37BrN2O4. The van der Waals surface area contributed by atoms with Gasteiger partial charge in [-0.1, -0.05) is 76.6 Å². The molecule has 1 heterocycles. The number of carbonyl (C=O) groups excluding carboxylic acids is 2. The molecule has 2 N–H and O–H groups in total. The van der Waals surface area contributed by atoms with Gasteiger partial charge in [-0.05, 0) is 82.7 Å². The zero-order chi connectivity index (χ0) is 30.6. The van der Waals surface area contributed by atoms with E-state index in [1.54, 1.807) is 0 Å². The lowest BCUT2D eigenvalue weighted by Crippen LogP contribution is -2.68. The van der Waals surface area contributed by atoms with Crippen LogP contribution in [0.5, 0.6) is 0 Å². The van der Waals surface area contributed by atoms with E-state index in [-0.39, 0.29) is 11.9 Å². The first-order valence-corrected chi connectivity index (χ1v) is 15.7. The number of pyridine rings is 1. The summed E-state index contributed by atoms with van der Waals surface area (Å²) in [6, 6.07) is 25.4. The number of ether oxygens (including phenoxy) is 1. The Bertz CT molecular complexity index is 1690. The van der Waals surface area contributed by atoms with E-state index in [1.165, 1.54) is 0 Å². The van der Waals surface area contributed by atoms with E-state index in [0.29, 0.717) is 31.2 Å². The largest absolute Gasteiger partial charge is 0.459 e. The van der Waals surface area contributed by atoms with Crippen LogP contribution in [0.25, 0.3) is 22.2 Å². The molecule has 3 fully saturated rings. The molecule has 43 heavy (non-hydrogen) atoms. The van der Waals surface area contributed by atoms with E-state index in [0.717, 1.165) is 37.8 Å². The highest BCUT2D eigenvalue weighted by molar-refractivity contribution is 9.10. The molecule has 2 bridgehead atoms. The van der Waals surface area contributed by atoms with Crippen LogP contribution in [0.3, 0.4) is 0 Å². The fourth-order valence-electron chi connectivity index (χ4n) is 7.23. The summed E-state index contributed by atoms with van der Waals surface area (Å²) in [7, 11) is 0. The number of benzene rings is 3. The van der Waals surface area contributed by atoms with Crippen LogP contribution in [-0.4, -0.2) is 39.2 Å². The smallest absolute Gasteiger partial charge is 0.315 e. The fourth-order valence-corrected chi connectivity index (χ4v) is 7.59. The number of halogens is 1. The van der Waals surface area contributed by atoms with Crippen LogP contribution in [-0.2, 0) is 9.53 Å². The predicted molar refractivity (Wildman–Crippen MR) is 172 cm³/mol. The highest BCUT2D eigenvalue weighted by Gasteiger charge is 2.65. The Morgan fingerprint density at radius 2 is 1.58 bits per heavy atom. The van der Waals surface area contributed by atoms with E-state index in [1.807, 2.05) is 107 Å². The molecule has 0 spiro atoms. The Morgan fingerprint density at radius 3 is 2.21 bits per heavy atom. The molecule has 3 aliphatic carbocycles. The molecule has 2 atom stereocenters. The molecule has 0 saturated heterocycles. The Kier molecular flexibility index (Phi) is 7.46. The average Bonchev–Trinajstić information content (AvgIpc) is 2.97. The second-order valence-electron chi connectivity index (χ2n) is 13.1. The van der Waals surface area contributed by atoms with Crippen molar-refractivity contribution in [3.63, 3.8) is 0 Å². The predicted octanol–water partition coefficient (Wildman–Crippen LogP) is 7.50. The molecular weight excluding hydrogens is 604 g/mol. The molecule has 6 nitrogen and oxygen atoms in total. The van der Waals surface area contributed by atoms with Crippen molar-refractivity contribution in [3.8, 4) is 11.3 Å². The lowest BCUT2D eigenvalue weighted by Gasteiger charge is -2.59. The van der Waals surface area contributed by atoms with Crippen LogP contribution in [0.1, 0.15) is 73.9 Å². The maximum absolute atomic E-state index is 14.6. The number of carbonyl (C=O) groups is 2. The van der Waals surface area contributed by atoms with Crippen LogP contribution in [0.15, 0.2) is 83.3 Å². The molecule has 3 saturated carbocycles. The van der Waals surface area contributed by atoms with Crippen LogP contribution < -0.4 is 5.32 Å². The van der Waals surface area contributed by atoms with Crippen LogP contribution in [0.4, 0.5) is 0 Å². The van der Waals surface area contributed by atoms with Gasteiger partial charge in [-0.25, -0.2) is 4.98 Å². The summed E-state index contributed by atoms with van der Waals surface area (Å²) in [4.78, 5) is 33.2. The maximum Gasteiger partial charge on any atom is 0.315 e. The molecule has 0 aliphatic heterocycles. The van der Waals surface area contributed by atoms with Gasteiger partial charge in [-0.15, -0.1) is 0 Å². The number of hydrogen-bond acceptors (Lipinski definition) is 5. The Balaban J connectivity index is 1.45. The standard InChI is InChI=1S/C36H37BrN2O4/c1-22-28(26-21-25(37)15-16-27(26)38-30(22)24-13-9-6-10-14-24)32(41)39-36-19-17-35(18-20-36,33(42)43-34(2,3)4)31(40)29(36)23-11-7-5-8-12-23/h5-16,21,29,31,40H,17-20H2,1-4H3,(H,39,41). The highest BCUT2D eigenvalue weighted by Crippen LogP contribution is 2.59. The number of aliphatic hydroxyl groups excluding tert-OH is 1. The summed E-state index contributed by atoms with van der Waals surface area (Å²) in [5.41, 5.74) is 2.23. The fraction of sp³-hybridized carbons (Fsp3) is 0.361. The van der Waals surface area contributed by atoms with Gasteiger partial charge in [0.15, 0.2) is 0 Å². The highest BCUT2D eigenvalue weighted by atomic mass is 79.9. The lowest BCUT2D eigenvalue weighted by molar-refractivity contribution is -0.192. The number of nitrogens with zero attached hydrogens (tertiary/aromatic N) is 1. The third-order valence-electron chi connectivity index (χ3n) is 9.30. The van der Waals surface area contributed by atoms with Gasteiger partial charge in [0.25, 0.3) is 5.91 Å². The van der Waals surface area contributed by atoms with Crippen molar-refractivity contribution in [2.75, 3.05) is 0 Å². The summed E-state index contributed by atoms with van der Waals surface area (Å²) in [5, 5.41) is 16.3. The minimum atomic E-state index is -1.02. The van der Waals surface area contributed by atoms with Crippen molar-refractivity contribution in [1.29, 1.82) is 0 Å². The van der Waals surface area contributed by atoms with Crippen molar-refractivity contribution < 1.29 is 19.4 Å². The van der Waals surface area contributed by atoms with Crippen molar-refractivity contribution >= 4 is 38.7 Å². The van der Waals surface area contributed by atoms with Crippen molar-refractivity contribution in [1.82, 2.24) is 10.3 Å². The molecule has 2 unspecified atom stereocenters. The van der Waals surface area contributed by atoms with Gasteiger partial charge in [0.2, 0.25) is 0 Å². The van der Waals surface area contributed by atoms with Gasteiger partial charge < -0.3 is 15.2 Å². The summed E-state index contributed by atoms with van der Waals surface area (Å²) in [6.45, 7) is 7.49. The van der Waals surface area contributed by atoms with Crippen LogP contribution in [0.2, 0.25) is 0 Å². The van der Waals surface area contributed by atoms with Gasteiger partial charge >= 0.3 is 5.97 Å².